The summed E-state index contributed by atoms with van der Waals surface area (Å²) in [6.45, 7) is 39.4. The zero-order chi connectivity index (χ0) is 89.9. The second-order valence-corrected chi connectivity index (χ2v) is 38.7. The van der Waals surface area contributed by atoms with E-state index < -0.39 is 52.0 Å². The van der Waals surface area contributed by atoms with Gasteiger partial charge in [0.15, 0.2) is 5.78 Å². The minimum atomic E-state index is -0.552. The predicted molar refractivity (Wildman–Crippen MR) is 499 cm³/mol. The fourth-order valence-corrected chi connectivity index (χ4v) is 16.1. The third-order valence-electron chi connectivity index (χ3n) is 22.1. The molecule has 0 spiro atoms. The van der Waals surface area contributed by atoms with E-state index in [2.05, 4.69) is 67.9 Å². The van der Waals surface area contributed by atoms with Gasteiger partial charge in [-0.15, -0.1) is 0 Å². The number of fused-ring (bicyclic) bond motifs is 4. The van der Waals surface area contributed by atoms with Crippen LogP contribution in [0.5, 0.6) is 0 Å². The maximum absolute atomic E-state index is 13.4. The normalized spacial score (nSPS) is 13.6. The molecule has 15 N–H and O–H groups in total. The fraction of sp³-hybridized carbons (Fsp3) is 0.561. The van der Waals surface area contributed by atoms with E-state index >= 15 is 0 Å². The maximum Gasteiger partial charge on any atom is 0.217 e. The summed E-state index contributed by atoms with van der Waals surface area (Å²) in [5.41, 5.74) is 28.0. The molecule has 125 heavy (non-hydrogen) atoms. The fourth-order valence-electron chi connectivity index (χ4n) is 15.7. The number of aromatic nitrogens is 4. The number of primary amides is 4. The number of nitrogens with two attached hydrogens (primary N) is 4. The molecule has 27 heteroatoms. The zero-order valence-electron chi connectivity index (χ0n) is 77.4. The van der Waals surface area contributed by atoms with Gasteiger partial charge < -0.3 is 58.8 Å². The molecule has 0 radical (unpaired) electrons. The van der Waals surface area contributed by atoms with Crippen molar-refractivity contribution < 1.29 is 132 Å². The molecular weight excluding hydrogens is 2270 g/mol. The Morgan fingerprint density at radius 1 is 0.360 bits per heavy atom. The molecule has 0 aliphatic rings. The third-order valence-corrected chi connectivity index (χ3v) is 22.5. The number of thiocarbonyl (C=S) groups is 1. The molecule has 690 valence electrons. The van der Waals surface area contributed by atoms with E-state index in [4.69, 9.17) is 35.2 Å². The first-order valence-corrected chi connectivity index (χ1v) is 43.5. The van der Waals surface area contributed by atoms with Gasteiger partial charge >= 0.3 is 0 Å². The van der Waals surface area contributed by atoms with Crippen molar-refractivity contribution in [2.45, 2.75) is 303 Å². The smallest absolute Gasteiger partial charge is 0.217 e. The molecule has 8 aromatic rings. The van der Waals surface area contributed by atoms with Crippen LogP contribution >= 0.6 is 12.2 Å². The van der Waals surface area contributed by atoms with Crippen LogP contribution < -0.4 is 38.9 Å². The third kappa shape index (κ3) is 39.9. The summed E-state index contributed by atoms with van der Waals surface area (Å²) >= 11 is 5.78. The van der Waals surface area contributed by atoms with Crippen LogP contribution in [0, 0.1) is 45.3 Å². The summed E-state index contributed by atoms with van der Waals surface area (Å²) in [6, 6.07) is 32.1. The van der Waals surface area contributed by atoms with E-state index in [0.717, 1.165) is 79.0 Å². The molecule has 4 aromatic heterocycles. The number of aromatic amines is 4. The summed E-state index contributed by atoms with van der Waals surface area (Å²) in [5, 5.41) is 14.7. The Balaban J connectivity index is 0.00000162. The topological polar surface area (TPSA) is 377 Å². The van der Waals surface area contributed by atoms with Gasteiger partial charge in [0.2, 0.25) is 23.6 Å². The molecule has 0 saturated carbocycles. The first-order valence-electron chi connectivity index (χ1n) is 43.1. The molecule has 0 unspecified atom stereocenters. The average Bonchev–Trinajstić information content (AvgIpc) is 1.72. The number of H-pyrrole nitrogens is 4. The summed E-state index contributed by atoms with van der Waals surface area (Å²) in [5.74, 6) is -2.02. The van der Waals surface area contributed by atoms with E-state index in [1.54, 1.807) is 0 Å². The van der Waals surface area contributed by atoms with Crippen molar-refractivity contribution in [3.05, 3.63) is 144 Å². The number of Topliss-reactive ketones (excluding diaryl/α,β-unsaturated/α-hetero) is 6. The first-order chi connectivity index (χ1) is 56.0. The number of nitrogens with one attached hydrogen (secondary N) is 7. The predicted octanol–water partition coefficient (Wildman–Crippen LogP) is 16.7. The van der Waals surface area contributed by atoms with Gasteiger partial charge in [0.25, 0.3) is 0 Å². The van der Waals surface area contributed by atoms with Crippen molar-refractivity contribution in [1.82, 2.24) is 40.8 Å². The molecule has 0 saturated heterocycles. The number of amides is 4. The Labute approximate surface area is 808 Å². The molecule has 4 aromatic carbocycles. The van der Waals surface area contributed by atoms with Crippen molar-refractivity contribution in [2.75, 3.05) is 7.05 Å². The average molecular weight is 2420 g/mol. The van der Waals surface area contributed by atoms with Crippen LogP contribution in [0.1, 0.15) is 252 Å². The summed E-state index contributed by atoms with van der Waals surface area (Å²) < 4.78 is 0. The Hall–Kier alpha value is -6.38. The van der Waals surface area contributed by atoms with Crippen LogP contribution in [0.25, 0.3) is 43.6 Å². The van der Waals surface area contributed by atoms with Crippen molar-refractivity contribution in [3.8, 4) is 0 Å². The zero-order valence-corrected chi connectivity index (χ0v) is 89.9. The van der Waals surface area contributed by atoms with E-state index in [1.165, 1.54) is 10.9 Å². The Morgan fingerprint density at radius 3 is 0.944 bits per heavy atom. The van der Waals surface area contributed by atoms with Crippen LogP contribution in [0.2, 0.25) is 0 Å². The van der Waals surface area contributed by atoms with Gasteiger partial charge in [-0.1, -0.05) is 217 Å². The number of hydrogen-bond acceptors (Lipinski definition) is 15. The number of carbonyl (C=O) groups is 10. The van der Waals surface area contributed by atoms with Crippen molar-refractivity contribution in [2.24, 2.45) is 68.3 Å². The second kappa shape index (κ2) is 55.6. The van der Waals surface area contributed by atoms with Crippen molar-refractivity contribution >= 4 is 119 Å². The van der Waals surface area contributed by atoms with Crippen LogP contribution in [-0.4, -0.2) is 143 Å². The molecule has 0 aliphatic heterocycles. The molecule has 0 aliphatic carbocycles. The SMILES string of the molecule is C.CC(C)N(C)[C@@H](CCC(N)=O)C(=O)C[C@@H](Cc1c[nH]c2ccccc12)C(=O)C(C)(C)C.CC(C)N[C@@H](CCC(N)=O)C(=O)C[C@@H](Cc1c[nH]c2ccccc12)C(=O)C(C)(C)C.CC(C)N[C@@H](CCC(N)=O)C(=S)C[C@@H](Cc1c[nH]c2ccccc12)C(=O)C(C)(C)C.CC(C)N[C@@H](CCC(N)=O)CC[C@@H](Cc1c[nH]c2ccccc12)C(=O)C(C)(C)C.[W].[W].[W].[W]. The first kappa shape index (κ1) is 119. The second-order valence-electron chi connectivity index (χ2n) is 38.1. The van der Waals surface area contributed by atoms with Gasteiger partial charge in [0, 0.05) is 278 Å². The van der Waals surface area contributed by atoms with Gasteiger partial charge in [0.1, 0.15) is 28.9 Å². The van der Waals surface area contributed by atoms with E-state index in [9.17, 15) is 47.9 Å². The number of para-hydroxylation sites is 4. The molecule has 4 heterocycles. The largest absolute Gasteiger partial charge is 0.370 e. The minimum absolute atomic E-state index is 0. The molecular formula is C98H148N12O10SW4. The molecule has 8 rings (SSSR count). The maximum atomic E-state index is 13.4. The Kier molecular flexibility index (Phi) is 52.8. The molecule has 0 fully saturated rings. The summed E-state index contributed by atoms with van der Waals surface area (Å²) in [7, 11) is 1.88. The van der Waals surface area contributed by atoms with Crippen LogP contribution in [0.3, 0.4) is 0 Å². The van der Waals surface area contributed by atoms with Crippen molar-refractivity contribution in [1.29, 1.82) is 0 Å². The number of carbonyl (C=O) groups excluding carboxylic acids is 10. The quantitative estimate of drug-likeness (QED) is 0.0158. The van der Waals surface area contributed by atoms with Crippen LogP contribution in [0.4, 0.5) is 0 Å². The summed E-state index contributed by atoms with van der Waals surface area (Å²) in [4.78, 5) is 141. The molecule has 4 amide bonds. The molecule has 8 atom stereocenters. The standard InChI is InChI=1S/C25H37N3O3.C24H35N3O3.C24H35N3O2S.C24H37N3O2.CH4.4W/c1-16(2)28(6)21(11-12-23(26)30)22(29)14-17(24(31)25(3,4)5)13-18-15-27-20-10-8-7-9-19(18)20;1-15(2)27-20(10-11-22(25)29)21(28)13-16(23(30)24(3,4)5)12-17-14-26-19-9-7-6-8-18(17)19;1-15(2)27-20(10-11-22(25)28)21(30)13-16(23(29)24(3,4)5)12-17-14-26-19-9-7-6-8-18(17)19;1-16(2)27-19(12-13-22(25)28)11-10-17(23(29)24(3,4)5)14-18-15-26-21-9-7-6-8-20(18)21;;;;;/h7-10,15-17,21,27H,11-14H2,1-6H3,(H2,26,30);6-9,14-16,20,26-27H,10-13H2,1-5H3,(H2,25,29);6-9,14-16,20,26-27H,10-13H2,1-5H3,(H2,25,28);6-9,15-17,19,26-27H,10-14H2,1-5H3,(H2,25,28);1H4;;;;/t17-,21+;2*16-,20+;17-,19+;;;;;/m1110...../s1. The Bertz CT molecular complexity index is 4580. The number of hydrogen-bond donors (Lipinski definition) is 11. The van der Waals surface area contributed by atoms with Gasteiger partial charge in [-0.25, -0.2) is 0 Å². The molecule has 0 bridgehead atoms. The summed E-state index contributed by atoms with van der Waals surface area (Å²) in [6.07, 6.45) is 15.6. The van der Waals surface area contributed by atoms with E-state index in [-0.39, 0.29) is 212 Å². The Morgan fingerprint density at radius 2 is 0.632 bits per heavy atom. The van der Waals surface area contributed by atoms with Crippen molar-refractivity contribution in [3.63, 3.8) is 0 Å². The number of benzene rings is 4. The van der Waals surface area contributed by atoms with Gasteiger partial charge in [-0.05, 0) is 138 Å². The molecule has 22 nitrogen and oxygen atoms in total. The van der Waals surface area contributed by atoms with Gasteiger partial charge in [-0.3, -0.25) is 52.8 Å². The minimum Gasteiger partial charge on any atom is -0.370 e. The number of rotatable bonds is 44. The number of ketones is 6. The number of likely N-dealkylation sites (N-methyl/N-ethyl adjacent to an activating group) is 1. The van der Waals surface area contributed by atoms with E-state index in [1.807, 2.05) is 240 Å². The van der Waals surface area contributed by atoms with Gasteiger partial charge in [-0.2, -0.15) is 0 Å². The van der Waals surface area contributed by atoms with Gasteiger partial charge in [0.05, 0.1) is 12.1 Å². The van der Waals surface area contributed by atoms with Crippen LogP contribution in [0.15, 0.2) is 122 Å². The number of nitrogens with zero attached hydrogens (tertiary/aromatic N) is 1. The van der Waals surface area contributed by atoms with Crippen LogP contribution in [-0.2, 0) is 158 Å². The van der Waals surface area contributed by atoms with E-state index in [0.29, 0.717) is 69.6 Å². The monoisotopic (exact) mass is 2420 g/mol.